The lowest BCUT2D eigenvalue weighted by molar-refractivity contribution is 0.423. The minimum Gasteiger partial charge on any atom is -0.341 e. The molecule has 0 aliphatic carbocycles. The van der Waals surface area contributed by atoms with Crippen LogP contribution in [0.25, 0.3) is 0 Å². The average molecular weight is 250 g/mol. The van der Waals surface area contributed by atoms with E-state index in [2.05, 4.69) is 54.8 Å². The topological polar surface area (TPSA) is 41.1 Å². The maximum absolute atomic E-state index is 4.57. The number of aromatic nitrogens is 2. The Hall–Kier alpha value is -1.16. The zero-order valence-corrected chi connectivity index (χ0v) is 12.7. The molecule has 0 aromatic carbocycles. The van der Waals surface area contributed by atoms with Crippen LogP contribution in [0.3, 0.4) is 0 Å². The second-order valence-electron chi connectivity index (χ2n) is 6.09. The number of nitrogens with zero attached hydrogens (tertiary/aromatic N) is 3. The third kappa shape index (κ3) is 4.26. The Bertz CT molecular complexity index is 393. The fraction of sp³-hybridized carbons (Fsp3) is 0.714. The fourth-order valence-electron chi connectivity index (χ4n) is 1.41. The first-order valence-corrected chi connectivity index (χ1v) is 6.51. The standard InChI is InChI=1S/C14H26N4/c1-10(2)18(7)13-15-8-12(11(3)17-13)9-16-14(4,5)6/h8,10,16H,9H2,1-7H3. The van der Waals surface area contributed by atoms with E-state index in [1.165, 1.54) is 0 Å². The SMILES string of the molecule is Cc1nc(N(C)C(C)C)ncc1CNC(C)(C)C. The summed E-state index contributed by atoms with van der Waals surface area (Å²) in [7, 11) is 2.02. The van der Waals surface area contributed by atoms with Crippen LogP contribution >= 0.6 is 0 Å². The first-order chi connectivity index (χ1) is 8.20. The van der Waals surface area contributed by atoms with Gasteiger partial charge in [-0.2, -0.15) is 0 Å². The van der Waals surface area contributed by atoms with Crippen molar-refractivity contribution < 1.29 is 0 Å². The van der Waals surface area contributed by atoms with Crippen molar-refractivity contribution in [2.24, 2.45) is 0 Å². The van der Waals surface area contributed by atoms with Crippen LogP contribution in [0.4, 0.5) is 5.95 Å². The van der Waals surface area contributed by atoms with Crippen molar-refractivity contribution in [3.63, 3.8) is 0 Å². The quantitative estimate of drug-likeness (QED) is 0.891. The van der Waals surface area contributed by atoms with Gasteiger partial charge in [-0.3, -0.25) is 0 Å². The summed E-state index contributed by atoms with van der Waals surface area (Å²) in [6.07, 6.45) is 1.93. The van der Waals surface area contributed by atoms with Crippen molar-refractivity contribution in [3.8, 4) is 0 Å². The zero-order chi connectivity index (χ0) is 13.9. The van der Waals surface area contributed by atoms with E-state index in [0.29, 0.717) is 6.04 Å². The van der Waals surface area contributed by atoms with Gasteiger partial charge in [0.1, 0.15) is 0 Å². The Kier molecular flexibility index (Phi) is 4.68. The van der Waals surface area contributed by atoms with Crippen LogP contribution < -0.4 is 10.2 Å². The molecule has 0 bridgehead atoms. The highest BCUT2D eigenvalue weighted by molar-refractivity contribution is 5.32. The molecule has 0 saturated heterocycles. The van der Waals surface area contributed by atoms with Crippen molar-refractivity contribution in [2.45, 2.75) is 59.7 Å². The lowest BCUT2D eigenvalue weighted by Gasteiger charge is -2.23. The van der Waals surface area contributed by atoms with Crippen LogP contribution in [0.15, 0.2) is 6.20 Å². The summed E-state index contributed by atoms with van der Waals surface area (Å²) >= 11 is 0. The number of hydrogen-bond donors (Lipinski definition) is 1. The molecule has 1 N–H and O–H groups in total. The number of nitrogens with one attached hydrogen (secondary N) is 1. The molecule has 18 heavy (non-hydrogen) atoms. The van der Waals surface area contributed by atoms with Crippen LogP contribution in [0.2, 0.25) is 0 Å². The van der Waals surface area contributed by atoms with Gasteiger partial charge in [-0.05, 0) is 41.5 Å². The molecule has 0 fully saturated rings. The molecule has 0 amide bonds. The molecule has 0 aliphatic heterocycles. The maximum atomic E-state index is 4.57. The molecule has 0 spiro atoms. The molecule has 102 valence electrons. The van der Waals surface area contributed by atoms with Gasteiger partial charge in [0.2, 0.25) is 5.95 Å². The first kappa shape index (κ1) is 14.9. The average Bonchev–Trinajstić information content (AvgIpc) is 2.25. The van der Waals surface area contributed by atoms with Gasteiger partial charge in [0.15, 0.2) is 0 Å². The Labute approximate surface area is 111 Å². The fourth-order valence-corrected chi connectivity index (χ4v) is 1.41. The van der Waals surface area contributed by atoms with Crippen LogP contribution in [0.5, 0.6) is 0 Å². The third-order valence-corrected chi connectivity index (χ3v) is 2.97. The summed E-state index contributed by atoms with van der Waals surface area (Å²) < 4.78 is 0. The first-order valence-electron chi connectivity index (χ1n) is 6.51. The van der Waals surface area contributed by atoms with Crippen molar-refractivity contribution >= 4 is 5.95 Å². The van der Waals surface area contributed by atoms with Crippen molar-refractivity contribution in [3.05, 3.63) is 17.5 Å². The van der Waals surface area contributed by atoms with E-state index in [9.17, 15) is 0 Å². The van der Waals surface area contributed by atoms with Crippen LogP contribution in [-0.4, -0.2) is 28.6 Å². The number of rotatable bonds is 4. The third-order valence-electron chi connectivity index (χ3n) is 2.97. The molecule has 1 aromatic rings. The molecule has 1 rings (SSSR count). The lowest BCUT2D eigenvalue weighted by Crippen LogP contribution is -2.35. The van der Waals surface area contributed by atoms with Gasteiger partial charge in [-0.15, -0.1) is 0 Å². The second-order valence-corrected chi connectivity index (χ2v) is 6.09. The highest BCUT2D eigenvalue weighted by atomic mass is 15.2. The van der Waals surface area contributed by atoms with E-state index in [1.54, 1.807) is 0 Å². The highest BCUT2D eigenvalue weighted by Crippen LogP contribution is 2.13. The predicted molar refractivity (Wildman–Crippen MR) is 76.9 cm³/mol. The van der Waals surface area contributed by atoms with Gasteiger partial charge in [0.05, 0.1) is 0 Å². The zero-order valence-electron chi connectivity index (χ0n) is 12.7. The summed E-state index contributed by atoms with van der Waals surface area (Å²) in [6.45, 7) is 13.6. The molecule has 1 heterocycles. The van der Waals surface area contributed by atoms with Crippen molar-refractivity contribution in [1.82, 2.24) is 15.3 Å². The van der Waals surface area contributed by atoms with Gasteiger partial charge in [0.25, 0.3) is 0 Å². The highest BCUT2D eigenvalue weighted by Gasteiger charge is 2.12. The summed E-state index contributed by atoms with van der Waals surface area (Å²) in [5.74, 6) is 0.794. The Balaban J connectivity index is 2.80. The minimum absolute atomic E-state index is 0.111. The van der Waals surface area contributed by atoms with Gasteiger partial charge >= 0.3 is 0 Å². The Morgan fingerprint density at radius 1 is 1.33 bits per heavy atom. The molecular formula is C14H26N4. The molecule has 0 atom stereocenters. The lowest BCUT2D eigenvalue weighted by atomic mass is 10.1. The van der Waals surface area contributed by atoms with Crippen LogP contribution in [-0.2, 0) is 6.54 Å². The molecule has 0 unspecified atom stereocenters. The largest absolute Gasteiger partial charge is 0.341 e. The summed E-state index contributed by atoms with van der Waals surface area (Å²) in [5, 5.41) is 3.46. The number of anilines is 1. The number of aryl methyl sites for hydroxylation is 1. The van der Waals surface area contributed by atoms with Gasteiger partial charge in [0, 0.05) is 42.6 Å². The Morgan fingerprint density at radius 3 is 2.39 bits per heavy atom. The van der Waals surface area contributed by atoms with Gasteiger partial charge < -0.3 is 10.2 Å². The summed E-state index contributed by atoms with van der Waals surface area (Å²) in [4.78, 5) is 11.1. The molecule has 0 saturated carbocycles. The van der Waals surface area contributed by atoms with Crippen LogP contribution in [0, 0.1) is 6.92 Å². The van der Waals surface area contributed by atoms with Crippen molar-refractivity contribution in [2.75, 3.05) is 11.9 Å². The summed E-state index contributed by atoms with van der Waals surface area (Å²) in [5.41, 5.74) is 2.31. The predicted octanol–water partition coefficient (Wildman–Crippen LogP) is 2.52. The molecule has 4 nitrogen and oxygen atoms in total. The number of hydrogen-bond acceptors (Lipinski definition) is 4. The van der Waals surface area contributed by atoms with Gasteiger partial charge in [-0.25, -0.2) is 9.97 Å². The molecule has 1 aromatic heterocycles. The normalized spacial score (nSPS) is 12.0. The van der Waals surface area contributed by atoms with E-state index in [0.717, 1.165) is 23.8 Å². The monoisotopic (exact) mass is 250 g/mol. The smallest absolute Gasteiger partial charge is 0.225 e. The second kappa shape index (κ2) is 5.65. The van der Waals surface area contributed by atoms with E-state index >= 15 is 0 Å². The van der Waals surface area contributed by atoms with Crippen LogP contribution in [0.1, 0.15) is 45.9 Å². The minimum atomic E-state index is 0.111. The van der Waals surface area contributed by atoms with E-state index in [4.69, 9.17) is 0 Å². The van der Waals surface area contributed by atoms with E-state index < -0.39 is 0 Å². The molecule has 4 heteroatoms. The molecule has 0 radical (unpaired) electrons. The Morgan fingerprint density at radius 2 is 1.94 bits per heavy atom. The van der Waals surface area contributed by atoms with E-state index in [-0.39, 0.29) is 5.54 Å². The van der Waals surface area contributed by atoms with E-state index in [1.807, 2.05) is 20.2 Å². The van der Waals surface area contributed by atoms with Crippen molar-refractivity contribution in [1.29, 1.82) is 0 Å². The molecular weight excluding hydrogens is 224 g/mol. The summed E-state index contributed by atoms with van der Waals surface area (Å²) in [6, 6.07) is 0.406. The molecule has 0 aliphatic rings. The maximum Gasteiger partial charge on any atom is 0.225 e. The van der Waals surface area contributed by atoms with Gasteiger partial charge in [-0.1, -0.05) is 0 Å².